The number of ether oxygens (including phenoxy) is 2. The highest BCUT2D eigenvalue weighted by atomic mass is 16.5. The van der Waals surface area contributed by atoms with Crippen LogP contribution in [0, 0.1) is 18.8 Å². The van der Waals surface area contributed by atoms with Crippen LogP contribution in [0.3, 0.4) is 0 Å². The first kappa shape index (κ1) is 25.0. The Morgan fingerprint density at radius 2 is 2.06 bits per heavy atom. The second kappa shape index (κ2) is 11.4. The van der Waals surface area contributed by atoms with Gasteiger partial charge in [-0.05, 0) is 46.7 Å². The van der Waals surface area contributed by atoms with E-state index in [9.17, 15) is 0 Å². The zero-order chi connectivity index (χ0) is 23.0. The molecular formula is C24H41N5O2. The molecule has 0 spiro atoms. The number of nitrogens with zero attached hydrogens (tertiary/aromatic N) is 3. The van der Waals surface area contributed by atoms with E-state index in [0.29, 0.717) is 18.4 Å². The van der Waals surface area contributed by atoms with Gasteiger partial charge in [0.15, 0.2) is 5.76 Å². The molecule has 0 aliphatic carbocycles. The van der Waals surface area contributed by atoms with Crippen LogP contribution in [-0.4, -0.2) is 60.8 Å². The first-order chi connectivity index (χ1) is 14.6. The molecule has 1 aliphatic heterocycles. The summed E-state index contributed by atoms with van der Waals surface area (Å²) in [6.45, 7) is 16.6. The topological polar surface area (TPSA) is 71.5 Å². The van der Waals surface area contributed by atoms with Crippen molar-refractivity contribution in [1.82, 2.24) is 14.9 Å². The monoisotopic (exact) mass is 431 g/mol. The smallest absolute Gasteiger partial charge is 0.225 e. The molecular weight excluding hydrogens is 390 g/mol. The molecule has 0 saturated carbocycles. The van der Waals surface area contributed by atoms with Crippen LogP contribution in [-0.2, 0) is 9.47 Å². The molecule has 0 radical (unpaired) electrons. The van der Waals surface area contributed by atoms with Gasteiger partial charge < -0.3 is 20.1 Å². The average Bonchev–Trinajstić information content (AvgIpc) is 3.18. The van der Waals surface area contributed by atoms with Gasteiger partial charge in [-0.25, -0.2) is 4.98 Å². The van der Waals surface area contributed by atoms with Crippen molar-refractivity contribution in [2.45, 2.75) is 53.5 Å². The summed E-state index contributed by atoms with van der Waals surface area (Å²) in [7, 11) is 3.54. The van der Waals surface area contributed by atoms with Gasteiger partial charge in [0.1, 0.15) is 11.6 Å². The Kier molecular flexibility index (Phi) is 9.16. The Hall–Kier alpha value is -2.28. The number of methoxy groups -OCH3 is 1. The number of nitrogens with one attached hydrogen (secondary N) is 2. The van der Waals surface area contributed by atoms with E-state index in [-0.39, 0.29) is 11.5 Å². The molecule has 2 N–H and O–H groups in total. The van der Waals surface area contributed by atoms with Crippen molar-refractivity contribution < 1.29 is 9.47 Å². The average molecular weight is 432 g/mol. The quantitative estimate of drug-likeness (QED) is 0.419. The molecule has 1 fully saturated rings. The molecule has 0 amide bonds. The van der Waals surface area contributed by atoms with Crippen LogP contribution >= 0.6 is 0 Å². The van der Waals surface area contributed by atoms with Gasteiger partial charge in [-0.15, -0.1) is 0 Å². The Morgan fingerprint density at radius 1 is 1.32 bits per heavy atom. The minimum absolute atomic E-state index is 0.216. The predicted octanol–water partition coefficient (Wildman–Crippen LogP) is 4.45. The van der Waals surface area contributed by atoms with E-state index in [1.54, 1.807) is 7.11 Å². The number of hydrogen-bond donors (Lipinski definition) is 2. The van der Waals surface area contributed by atoms with Crippen molar-refractivity contribution in [3.8, 4) is 0 Å². The third kappa shape index (κ3) is 7.73. The summed E-state index contributed by atoms with van der Waals surface area (Å²) >= 11 is 0. The van der Waals surface area contributed by atoms with E-state index in [4.69, 9.17) is 9.47 Å². The van der Waals surface area contributed by atoms with Crippen molar-refractivity contribution in [3.63, 3.8) is 0 Å². The van der Waals surface area contributed by atoms with E-state index in [2.05, 4.69) is 60.1 Å². The highest BCUT2D eigenvalue weighted by molar-refractivity contribution is 5.41. The zero-order valence-corrected chi connectivity index (χ0v) is 20.6. The van der Waals surface area contributed by atoms with Crippen molar-refractivity contribution in [2.75, 3.05) is 51.0 Å². The molecule has 1 aromatic heterocycles. The largest absolute Gasteiger partial charge is 0.493 e. The van der Waals surface area contributed by atoms with Crippen LogP contribution in [0.4, 0.5) is 11.8 Å². The SMILES string of the molecule is CNc1cc(C)nc(NC/C=C\C(OC)=C(\OC[C@@H]2CCN(C(C)(C)C)C2)C(C)C)n1. The van der Waals surface area contributed by atoms with Crippen LogP contribution in [0.1, 0.15) is 46.7 Å². The van der Waals surface area contributed by atoms with Crippen LogP contribution in [0.25, 0.3) is 0 Å². The molecule has 0 unspecified atom stereocenters. The lowest BCUT2D eigenvalue weighted by Crippen LogP contribution is -2.39. The molecule has 1 aromatic rings. The second-order valence-electron chi connectivity index (χ2n) is 9.42. The van der Waals surface area contributed by atoms with E-state index in [0.717, 1.165) is 42.7 Å². The first-order valence-corrected chi connectivity index (χ1v) is 11.2. The normalized spacial score (nSPS) is 18.4. The van der Waals surface area contributed by atoms with Crippen molar-refractivity contribution >= 4 is 11.8 Å². The molecule has 2 rings (SSSR count). The van der Waals surface area contributed by atoms with Crippen LogP contribution in [0.2, 0.25) is 0 Å². The summed E-state index contributed by atoms with van der Waals surface area (Å²) in [4.78, 5) is 11.4. The fourth-order valence-electron chi connectivity index (χ4n) is 3.65. The lowest BCUT2D eigenvalue weighted by Gasteiger charge is -2.31. The molecule has 1 aliphatic rings. The Bertz CT molecular complexity index is 768. The summed E-state index contributed by atoms with van der Waals surface area (Å²) < 4.78 is 11.9. The first-order valence-electron chi connectivity index (χ1n) is 11.2. The highest BCUT2D eigenvalue weighted by Gasteiger charge is 2.30. The number of allylic oxidation sites excluding steroid dienone is 2. The number of aryl methyl sites for hydroxylation is 1. The minimum atomic E-state index is 0.216. The van der Waals surface area contributed by atoms with E-state index < -0.39 is 0 Å². The maximum Gasteiger partial charge on any atom is 0.225 e. The number of aromatic nitrogens is 2. The van der Waals surface area contributed by atoms with Crippen LogP contribution < -0.4 is 10.6 Å². The summed E-state index contributed by atoms with van der Waals surface area (Å²) in [5, 5.41) is 6.28. The highest BCUT2D eigenvalue weighted by Crippen LogP contribution is 2.26. The van der Waals surface area contributed by atoms with Crippen molar-refractivity contribution in [3.05, 3.63) is 35.4 Å². The predicted molar refractivity (Wildman–Crippen MR) is 128 cm³/mol. The fraction of sp³-hybridized carbons (Fsp3) is 0.667. The number of hydrogen-bond acceptors (Lipinski definition) is 7. The minimum Gasteiger partial charge on any atom is -0.493 e. The summed E-state index contributed by atoms with van der Waals surface area (Å²) in [6, 6.07) is 1.91. The molecule has 2 heterocycles. The molecule has 31 heavy (non-hydrogen) atoms. The lowest BCUT2D eigenvalue weighted by atomic mass is 10.1. The number of anilines is 2. The number of rotatable bonds is 10. The zero-order valence-electron chi connectivity index (χ0n) is 20.6. The maximum atomic E-state index is 6.29. The van der Waals surface area contributed by atoms with Gasteiger partial charge in [-0.1, -0.05) is 19.9 Å². The van der Waals surface area contributed by atoms with E-state index in [1.807, 2.05) is 32.2 Å². The van der Waals surface area contributed by atoms with Gasteiger partial charge in [0.25, 0.3) is 0 Å². The second-order valence-corrected chi connectivity index (χ2v) is 9.42. The van der Waals surface area contributed by atoms with Gasteiger partial charge in [-0.3, -0.25) is 4.90 Å². The molecule has 1 saturated heterocycles. The van der Waals surface area contributed by atoms with Gasteiger partial charge in [0, 0.05) is 49.3 Å². The van der Waals surface area contributed by atoms with Gasteiger partial charge >= 0.3 is 0 Å². The van der Waals surface area contributed by atoms with Crippen molar-refractivity contribution in [2.24, 2.45) is 11.8 Å². The molecule has 0 aromatic carbocycles. The van der Waals surface area contributed by atoms with Gasteiger partial charge in [-0.2, -0.15) is 4.98 Å². The van der Waals surface area contributed by atoms with Crippen LogP contribution in [0.5, 0.6) is 0 Å². The maximum absolute atomic E-state index is 6.29. The standard InChI is InChI=1S/C24H41N5O2/c1-17(2)22(31-16-19-11-13-29(15-19)24(4,5)6)20(30-8)10-9-12-26-23-27-18(3)14-21(25-7)28-23/h9-10,14,17,19H,11-13,15-16H2,1-8H3,(H2,25,26,27,28)/b10-9-,22-20-/t19-/m1/s1. The summed E-state index contributed by atoms with van der Waals surface area (Å²) in [5.74, 6) is 3.86. The molecule has 1 atom stereocenters. The lowest BCUT2D eigenvalue weighted by molar-refractivity contribution is 0.114. The third-order valence-electron chi connectivity index (χ3n) is 5.45. The molecule has 7 heteroatoms. The third-order valence-corrected chi connectivity index (χ3v) is 5.45. The summed E-state index contributed by atoms with van der Waals surface area (Å²) in [6.07, 6.45) is 5.15. The summed E-state index contributed by atoms with van der Waals surface area (Å²) in [5.41, 5.74) is 1.13. The Labute approximate surface area is 188 Å². The molecule has 0 bridgehead atoms. The Balaban J connectivity index is 1.97. The molecule has 174 valence electrons. The van der Waals surface area contributed by atoms with Crippen molar-refractivity contribution in [1.29, 1.82) is 0 Å². The number of likely N-dealkylation sites (tertiary alicyclic amines) is 1. The van der Waals surface area contributed by atoms with E-state index >= 15 is 0 Å². The Morgan fingerprint density at radius 3 is 2.65 bits per heavy atom. The van der Waals surface area contributed by atoms with Gasteiger partial charge in [0.2, 0.25) is 5.95 Å². The van der Waals surface area contributed by atoms with Gasteiger partial charge in [0.05, 0.1) is 13.7 Å². The molecule has 7 nitrogen and oxygen atoms in total. The fourth-order valence-corrected chi connectivity index (χ4v) is 3.65. The van der Waals surface area contributed by atoms with Crippen LogP contribution in [0.15, 0.2) is 29.7 Å². The van der Waals surface area contributed by atoms with E-state index in [1.165, 1.54) is 6.42 Å².